The number of alkyl halides is 3. The molecule has 2 aromatic rings. The number of halogens is 3. The van der Waals surface area contributed by atoms with Gasteiger partial charge in [-0.3, -0.25) is 9.59 Å². The molecule has 1 unspecified atom stereocenters. The number of carbonyl (C=O) groups excluding carboxylic acids is 1. The average Bonchev–Trinajstić information content (AvgIpc) is 2.72. The summed E-state index contributed by atoms with van der Waals surface area (Å²) < 4.78 is 38.4. The van der Waals surface area contributed by atoms with Gasteiger partial charge < -0.3 is 10.3 Å². The average molecular weight is 422 g/mol. The van der Waals surface area contributed by atoms with Crippen molar-refractivity contribution < 1.29 is 18.0 Å². The molecule has 162 valence electrons. The number of benzene rings is 1. The van der Waals surface area contributed by atoms with E-state index < -0.39 is 23.7 Å². The summed E-state index contributed by atoms with van der Waals surface area (Å²) in [5.41, 5.74) is 0.410. The summed E-state index contributed by atoms with van der Waals surface area (Å²) in [6.07, 6.45) is -2.70. The first-order valence-corrected chi connectivity index (χ1v) is 10.2. The zero-order valence-electron chi connectivity index (χ0n) is 16.7. The molecule has 1 atom stereocenters. The van der Waals surface area contributed by atoms with E-state index in [9.17, 15) is 22.8 Å². The molecule has 9 heteroatoms. The Morgan fingerprint density at radius 3 is 2.40 bits per heavy atom. The third-order valence-electron chi connectivity index (χ3n) is 5.63. The molecular formula is C21H25F3N4O2. The molecule has 1 aromatic carbocycles. The third-order valence-corrected chi connectivity index (χ3v) is 5.63. The Morgan fingerprint density at radius 2 is 1.83 bits per heavy atom. The summed E-state index contributed by atoms with van der Waals surface area (Å²) in [7, 11) is 0. The van der Waals surface area contributed by atoms with Gasteiger partial charge in [0.25, 0.3) is 5.56 Å². The third kappa shape index (κ3) is 5.46. The highest BCUT2D eigenvalue weighted by Crippen LogP contribution is 2.40. The van der Waals surface area contributed by atoms with Crippen LogP contribution in [0.5, 0.6) is 0 Å². The topological polar surface area (TPSA) is 87.7 Å². The molecule has 0 bridgehead atoms. The summed E-state index contributed by atoms with van der Waals surface area (Å²) in [5.74, 6) is -1.29. The Kier molecular flexibility index (Phi) is 6.89. The van der Waals surface area contributed by atoms with Crippen molar-refractivity contribution in [1.29, 1.82) is 0 Å². The maximum Gasteiger partial charge on any atom is 0.391 e. The number of hydrogen-bond donors (Lipinski definition) is 2. The predicted octanol–water partition coefficient (Wildman–Crippen LogP) is 4.16. The van der Waals surface area contributed by atoms with E-state index in [2.05, 4.69) is 20.5 Å². The number of hydrogen-bond acceptors (Lipinski definition) is 4. The normalized spacial score (nSPS) is 20.5. The van der Waals surface area contributed by atoms with Crippen molar-refractivity contribution in [2.75, 3.05) is 0 Å². The van der Waals surface area contributed by atoms with Crippen molar-refractivity contribution in [3.05, 3.63) is 46.4 Å². The Morgan fingerprint density at radius 1 is 1.17 bits per heavy atom. The zero-order valence-corrected chi connectivity index (χ0v) is 16.7. The zero-order chi connectivity index (χ0) is 21.7. The van der Waals surface area contributed by atoms with Crippen LogP contribution in [-0.2, 0) is 4.79 Å². The highest BCUT2D eigenvalue weighted by molar-refractivity contribution is 5.76. The number of nitrogens with zero attached hydrogens (tertiary/aromatic N) is 2. The standard InChI is InChI=1S/C21H25F3N4O2/c1-2-16(18-20(30)26-19(28-27-18)14-6-4-3-5-7-14)25-17(29)12-13-8-10-15(11-9-13)21(22,23)24/h3-7,13,15-16H,2,8-12H2,1H3,(H,25,29)(H,26,28,30). The molecule has 30 heavy (non-hydrogen) atoms. The molecule has 6 nitrogen and oxygen atoms in total. The van der Waals surface area contributed by atoms with Gasteiger partial charge in [0.1, 0.15) is 0 Å². The fourth-order valence-corrected chi connectivity index (χ4v) is 3.87. The molecule has 1 aliphatic carbocycles. The SMILES string of the molecule is CCC(NC(=O)CC1CCC(C(F)(F)F)CC1)c1nnc(-c2ccccc2)[nH]c1=O. The van der Waals surface area contributed by atoms with Crippen LogP contribution < -0.4 is 10.9 Å². The second kappa shape index (κ2) is 9.40. The molecule has 0 saturated heterocycles. The van der Waals surface area contributed by atoms with Gasteiger partial charge in [-0.15, -0.1) is 10.2 Å². The van der Waals surface area contributed by atoms with Gasteiger partial charge in [0.05, 0.1) is 12.0 Å². The van der Waals surface area contributed by atoms with Crippen LogP contribution in [0.25, 0.3) is 11.4 Å². The van der Waals surface area contributed by atoms with Crippen LogP contribution in [0.1, 0.15) is 57.2 Å². The number of rotatable bonds is 6. The maximum absolute atomic E-state index is 12.8. The van der Waals surface area contributed by atoms with E-state index in [1.54, 1.807) is 12.1 Å². The second-order valence-electron chi connectivity index (χ2n) is 7.75. The van der Waals surface area contributed by atoms with Gasteiger partial charge in [-0.25, -0.2) is 0 Å². The van der Waals surface area contributed by atoms with E-state index in [1.165, 1.54) is 0 Å². The molecular weight excluding hydrogens is 397 g/mol. The Balaban J connectivity index is 1.60. The van der Waals surface area contributed by atoms with E-state index in [0.717, 1.165) is 5.56 Å². The highest BCUT2D eigenvalue weighted by Gasteiger charge is 2.41. The van der Waals surface area contributed by atoms with Crippen LogP contribution in [0.3, 0.4) is 0 Å². The van der Waals surface area contributed by atoms with Gasteiger partial charge in [0.15, 0.2) is 11.5 Å². The molecule has 3 rings (SSSR count). The van der Waals surface area contributed by atoms with Crippen molar-refractivity contribution in [2.45, 2.75) is 57.7 Å². The van der Waals surface area contributed by atoms with E-state index in [1.807, 2.05) is 25.1 Å². The van der Waals surface area contributed by atoms with Gasteiger partial charge in [0.2, 0.25) is 5.91 Å². The number of H-pyrrole nitrogens is 1. The van der Waals surface area contributed by atoms with Crippen molar-refractivity contribution in [3.63, 3.8) is 0 Å². The van der Waals surface area contributed by atoms with Crippen LogP contribution in [0.2, 0.25) is 0 Å². The van der Waals surface area contributed by atoms with Crippen molar-refractivity contribution in [1.82, 2.24) is 20.5 Å². The lowest BCUT2D eigenvalue weighted by atomic mass is 9.80. The molecule has 0 aliphatic heterocycles. The maximum atomic E-state index is 12.8. The molecule has 1 aliphatic rings. The molecule has 1 amide bonds. The summed E-state index contributed by atoms with van der Waals surface area (Å²) in [6, 6.07) is 8.48. The first-order valence-electron chi connectivity index (χ1n) is 10.2. The lowest BCUT2D eigenvalue weighted by Crippen LogP contribution is -2.35. The predicted molar refractivity (Wildman–Crippen MR) is 105 cm³/mol. The monoisotopic (exact) mass is 422 g/mol. The van der Waals surface area contributed by atoms with Crippen LogP contribution in [0.4, 0.5) is 13.2 Å². The number of aromatic amines is 1. The molecule has 1 heterocycles. The summed E-state index contributed by atoms with van der Waals surface area (Å²) >= 11 is 0. The molecule has 1 aromatic heterocycles. The van der Waals surface area contributed by atoms with Gasteiger partial charge in [-0.2, -0.15) is 13.2 Å². The van der Waals surface area contributed by atoms with Crippen molar-refractivity contribution in [3.8, 4) is 11.4 Å². The highest BCUT2D eigenvalue weighted by atomic mass is 19.4. The van der Waals surface area contributed by atoms with Crippen molar-refractivity contribution in [2.24, 2.45) is 11.8 Å². The Labute approximate surface area is 172 Å². The molecule has 0 spiro atoms. The van der Waals surface area contributed by atoms with Crippen molar-refractivity contribution >= 4 is 5.91 Å². The van der Waals surface area contributed by atoms with Gasteiger partial charge in [-0.05, 0) is 38.0 Å². The van der Waals surface area contributed by atoms with Crippen LogP contribution >= 0.6 is 0 Å². The lowest BCUT2D eigenvalue weighted by molar-refractivity contribution is -0.184. The van der Waals surface area contributed by atoms with E-state index in [-0.39, 0.29) is 36.8 Å². The molecule has 0 radical (unpaired) electrons. The van der Waals surface area contributed by atoms with E-state index >= 15 is 0 Å². The smallest absolute Gasteiger partial charge is 0.347 e. The lowest BCUT2D eigenvalue weighted by Gasteiger charge is -2.29. The summed E-state index contributed by atoms with van der Waals surface area (Å²) in [6.45, 7) is 1.81. The summed E-state index contributed by atoms with van der Waals surface area (Å²) in [5, 5.41) is 10.9. The minimum Gasteiger partial charge on any atom is -0.347 e. The molecule has 1 fully saturated rings. The Hall–Kier alpha value is -2.71. The number of nitrogens with one attached hydrogen (secondary N) is 2. The van der Waals surface area contributed by atoms with E-state index in [0.29, 0.717) is 25.1 Å². The van der Waals surface area contributed by atoms with E-state index in [4.69, 9.17) is 0 Å². The second-order valence-corrected chi connectivity index (χ2v) is 7.75. The fraction of sp³-hybridized carbons (Fsp3) is 0.524. The van der Waals surface area contributed by atoms with Gasteiger partial charge >= 0.3 is 6.18 Å². The van der Waals surface area contributed by atoms with Crippen LogP contribution in [0.15, 0.2) is 35.1 Å². The first-order chi connectivity index (χ1) is 14.3. The number of carbonyl (C=O) groups is 1. The quantitative estimate of drug-likeness (QED) is 0.732. The molecule has 1 saturated carbocycles. The summed E-state index contributed by atoms with van der Waals surface area (Å²) in [4.78, 5) is 27.6. The number of amides is 1. The minimum absolute atomic E-state index is 0.0603. The Bertz CT molecular complexity index is 906. The number of aromatic nitrogens is 3. The minimum atomic E-state index is -4.16. The first kappa shape index (κ1) is 22.0. The van der Waals surface area contributed by atoms with Crippen LogP contribution in [-0.4, -0.2) is 27.3 Å². The van der Waals surface area contributed by atoms with Crippen LogP contribution in [0, 0.1) is 11.8 Å². The van der Waals surface area contributed by atoms with Gasteiger partial charge in [-0.1, -0.05) is 37.3 Å². The largest absolute Gasteiger partial charge is 0.391 e. The van der Waals surface area contributed by atoms with Gasteiger partial charge in [0, 0.05) is 12.0 Å². The fourth-order valence-electron chi connectivity index (χ4n) is 3.87. The molecule has 2 N–H and O–H groups in total.